The molecule has 1 heterocycles. The van der Waals surface area contributed by atoms with Crippen LogP contribution in [0.25, 0.3) is 0 Å². The standard InChI is InChI=1S/C13H22BrN3O/c1-9-12(14)10(17(2)16-9)8-11(15)13(18-3)6-4-5-7-13/h11H,4-8,15H2,1-3H3. The first-order chi connectivity index (χ1) is 8.50. The summed E-state index contributed by atoms with van der Waals surface area (Å²) in [7, 11) is 3.75. The Morgan fingerprint density at radius 3 is 2.56 bits per heavy atom. The van der Waals surface area contributed by atoms with Gasteiger partial charge < -0.3 is 10.5 Å². The number of rotatable bonds is 4. The third-order valence-corrected chi connectivity index (χ3v) is 5.24. The van der Waals surface area contributed by atoms with E-state index in [2.05, 4.69) is 21.0 Å². The fraction of sp³-hybridized carbons (Fsp3) is 0.769. The lowest BCUT2D eigenvalue weighted by Crippen LogP contribution is -2.49. The molecule has 1 fully saturated rings. The summed E-state index contributed by atoms with van der Waals surface area (Å²) in [5.74, 6) is 0. The van der Waals surface area contributed by atoms with E-state index in [9.17, 15) is 0 Å². The summed E-state index contributed by atoms with van der Waals surface area (Å²) in [5.41, 5.74) is 8.44. The average molecular weight is 316 g/mol. The van der Waals surface area contributed by atoms with Crippen LogP contribution < -0.4 is 5.73 Å². The van der Waals surface area contributed by atoms with Gasteiger partial charge >= 0.3 is 0 Å². The second-order valence-corrected chi connectivity index (χ2v) is 6.05. The number of hydrogen-bond acceptors (Lipinski definition) is 3. The van der Waals surface area contributed by atoms with E-state index in [0.717, 1.165) is 35.1 Å². The van der Waals surface area contributed by atoms with E-state index in [1.54, 1.807) is 7.11 Å². The summed E-state index contributed by atoms with van der Waals surface area (Å²) >= 11 is 3.60. The fourth-order valence-electron chi connectivity index (χ4n) is 3.00. The first-order valence-electron chi connectivity index (χ1n) is 6.49. The highest BCUT2D eigenvalue weighted by Gasteiger charge is 2.40. The van der Waals surface area contributed by atoms with Crippen molar-refractivity contribution in [2.45, 2.75) is 50.7 Å². The van der Waals surface area contributed by atoms with Gasteiger partial charge in [-0.1, -0.05) is 12.8 Å². The molecule has 0 amide bonds. The second-order valence-electron chi connectivity index (χ2n) is 5.26. The first kappa shape index (κ1) is 14.0. The van der Waals surface area contributed by atoms with Crippen LogP contribution in [-0.2, 0) is 18.2 Å². The lowest BCUT2D eigenvalue weighted by molar-refractivity contribution is -0.0257. The van der Waals surface area contributed by atoms with Crippen LogP contribution in [0.1, 0.15) is 37.1 Å². The van der Waals surface area contributed by atoms with Crippen molar-refractivity contribution in [3.05, 3.63) is 15.9 Å². The van der Waals surface area contributed by atoms with Gasteiger partial charge in [-0.3, -0.25) is 4.68 Å². The molecule has 0 spiro atoms. The summed E-state index contributed by atoms with van der Waals surface area (Å²) in [6.07, 6.45) is 5.37. The maximum Gasteiger partial charge on any atom is 0.0832 e. The quantitative estimate of drug-likeness (QED) is 0.927. The van der Waals surface area contributed by atoms with Crippen molar-refractivity contribution in [1.29, 1.82) is 0 Å². The van der Waals surface area contributed by atoms with Crippen molar-refractivity contribution >= 4 is 15.9 Å². The topological polar surface area (TPSA) is 53.1 Å². The highest BCUT2D eigenvalue weighted by molar-refractivity contribution is 9.10. The molecule has 0 aliphatic heterocycles. The molecular formula is C13H22BrN3O. The minimum atomic E-state index is -0.141. The van der Waals surface area contributed by atoms with Gasteiger partial charge in [0.25, 0.3) is 0 Å². The third-order valence-electron chi connectivity index (χ3n) is 4.21. The number of nitrogens with two attached hydrogens (primary N) is 1. The zero-order valence-corrected chi connectivity index (χ0v) is 13.0. The predicted molar refractivity (Wildman–Crippen MR) is 75.5 cm³/mol. The van der Waals surface area contributed by atoms with Crippen LogP contribution in [0.2, 0.25) is 0 Å². The lowest BCUT2D eigenvalue weighted by Gasteiger charge is -2.34. The zero-order chi connectivity index (χ0) is 13.3. The van der Waals surface area contributed by atoms with Gasteiger partial charge in [0.2, 0.25) is 0 Å². The summed E-state index contributed by atoms with van der Waals surface area (Å²) in [4.78, 5) is 0. The number of halogens is 1. The molecule has 0 aromatic carbocycles. The van der Waals surface area contributed by atoms with E-state index in [4.69, 9.17) is 10.5 Å². The van der Waals surface area contributed by atoms with Crippen molar-refractivity contribution in [1.82, 2.24) is 9.78 Å². The number of methoxy groups -OCH3 is 1. The van der Waals surface area contributed by atoms with Crippen molar-refractivity contribution in [2.75, 3.05) is 7.11 Å². The SMILES string of the molecule is COC1(C(N)Cc2c(Br)c(C)nn2C)CCCC1. The summed E-state index contributed by atoms with van der Waals surface area (Å²) in [6.45, 7) is 2.00. The van der Waals surface area contributed by atoms with E-state index in [0.29, 0.717) is 0 Å². The normalized spacial score (nSPS) is 20.3. The molecule has 0 bridgehead atoms. The summed E-state index contributed by atoms with van der Waals surface area (Å²) in [6, 6.07) is 0.0242. The van der Waals surface area contributed by atoms with Crippen LogP contribution in [0, 0.1) is 6.92 Å². The van der Waals surface area contributed by atoms with Gasteiger partial charge in [0.1, 0.15) is 0 Å². The molecule has 0 saturated heterocycles. The highest BCUT2D eigenvalue weighted by Crippen LogP contribution is 2.36. The molecule has 1 aromatic heterocycles. The third kappa shape index (κ3) is 2.36. The maximum atomic E-state index is 6.42. The molecule has 2 rings (SSSR count). The zero-order valence-electron chi connectivity index (χ0n) is 11.4. The van der Waals surface area contributed by atoms with Gasteiger partial charge in [0.15, 0.2) is 0 Å². The van der Waals surface area contributed by atoms with Crippen LogP contribution >= 0.6 is 15.9 Å². The monoisotopic (exact) mass is 315 g/mol. The van der Waals surface area contributed by atoms with E-state index >= 15 is 0 Å². The maximum absolute atomic E-state index is 6.42. The molecule has 18 heavy (non-hydrogen) atoms. The molecule has 1 aromatic rings. The van der Waals surface area contributed by atoms with Gasteiger partial charge in [-0.2, -0.15) is 5.10 Å². The van der Waals surface area contributed by atoms with Crippen molar-refractivity contribution < 1.29 is 4.74 Å². The summed E-state index contributed by atoms with van der Waals surface area (Å²) < 4.78 is 8.74. The van der Waals surface area contributed by atoms with E-state index in [1.165, 1.54) is 12.8 Å². The molecule has 4 nitrogen and oxygen atoms in total. The second kappa shape index (κ2) is 5.31. The fourth-order valence-corrected chi connectivity index (χ4v) is 3.49. The number of aromatic nitrogens is 2. The Morgan fingerprint density at radius 1 is 1.50 bits per heavy atom. The highest BCUT2D eigenvalue weighted by atomic mass is 79.9. The molecule has 1 unspecified atom stereocenters. The molecule has 1 aliphatic carbocycles. The van der Waals surface area contributed by atoms with Gasteiger partial charge in [0, 0.05) is 26.6 Å². The molecule has 2 N–H and O–H groups in total. The van der Waals surface area contributed by atoms with E-state index < -0.39 is 0 Å². The van der Waals surface area contributed by atoms with Crippen LogP contribution in [0.3, 0.4) is 0 Å². The molecule has 0 radical (unpaired) electrons. The minimum Gasteiger partial charge on any atom is -0.377 e. The number of ether oxygens (including phenoxy) is 1. The van der Waals surface area contributed by atoms with Gasteiger partial charge in [0.05, 0.1) is 21.5 Å². The minimum absolute atomic E-state index is 0.0242. The lowest BCUT2D eigenvalue weighted by atomic mass is 9.89. The molecule has 1 saturated carbocycles. The smallest absolute Gasteiger partial charge is 0.0832 e. The van der Waals surface area contributed by atoms with E-state index in [-0.39, 0.29) is 11.6 Å². The Balaban J connectivity index is 2.18. The van der Waals surface area contributed by atoms with Crippen LogP contribution in [-0.4, -0.2) is 28.5 Å². The van der Waals surface area contributed by atoms with Crippen molar-refractivity contribution in [2.24, 2.45) is 12.8 Å². The molecule has 1 atom stereocenters. The van der Waals surface area contributed by atoms with Gasteiger partial charge in [-0.05, 0) is 35.7 Å². The Kier molecular flexibility index (Phi) is 4.14. The number of hydrogen-bond donors (Lipinski definition) is 1. The Labute approximate surface area is 117 Å². The summed E-state index contributed by atoms with van der Waals surface area (Å²) in [5, 5.41) is 4.41. The average Bonchev–Trinajstić information content (AvgIpc) is 2.91. The largest absolute Gasteiger partial charge is 0.377 e. The van der Waals surface area contributed by atoms with E-state index in [1.807, 2.05) is 18.7 Å². The van der Waals surface area contributed by atoms with Crippen LogP contribution in [0.4, 0.5) is 0 Å². The van der Waals surface area contributed by atoms with Crippen molar-refractivity contribution in [3.8, 4) is 0 Å². The Bertz CT molecular complexity index is 424. The van der Waals surface area contributed by atoms with Crippen LogP contribution in [0.15, 0.2) is 4.47 Å². The molecular weight excluding hydrogens is 294 g/mol. The first-order valence-corrected chi connectivity index (χ1v) is 7.28. The van der Waals surface area contributed by atoms with Crippen molar-refractivity contribution in [3.63, 3.8) is 0 Å². The molecule has 5 heteroatoms. The molecule has 1 aliphatic rings. The molecule has 102 valence electrons. The Hall–Kier alpha value is -0.390. The van der Waals surface area contributed by atoms with Gasteiger partial charge in [-0.15, -0.1) is 0 Å². The Morgan fingerprint density at radius 2 is 2.11 bits per heavy atom. The number of nitrogens with zero attached hydrogens (tertiary/aromatic N) is 2. The predicted octanol–water partition coefficient (Wildman–Crippen LogP) is 2.32. The van der Waals surface area contributed by atoms with Crippen LogP contribution in [0.5, 0.6) is 0 Å². The van der Waals surface area contributed by atoms with Gasteiger partial charge in [-0.25, -0.2) is 0 Å². The number of aryl methyl sites for hydroxylation is 2.